The normalized spacial score (nSPS) is 25.8. The second kappa shape index (κ2) is 6.55. The van der Waals surface area contributed by atoms with Gasteiger partial charge in [0.15, 0.2) is 0 Å². The molecule has 1 aromatic heterocycles. The first kappa shape index (κ1) is 16.1. The Hall–Kier alpha value is -2.13. The van der Waals surface area contributed by atoms with Crippen molar-refractivity contribution in [2.45, 2.75) is 57.7 Å². The summed E-state index contributed by atoms with van der Waals surface area (Å²) < 4.78 is 0. The molecule has 2 saturated heterocycles. The number of aryl methyl sites for hydroxylation is 1. The molecule has 2 bridgehead atoms. The molecule has 2 aromatic carbocycles. The highest BCUT2D eigenvalue weighted by molar-refractivity contribution is 5.74. The van der Waals surface area contributed by atoms with Gasteiger partial charge in [0, 0.05) is 12.1 Å². The summed E-state index contributed by atoms with van der Waals surface area (Å²) in [6.45, 7) is 3.14. The number of hydrogen-bond donors (Lipinski definition) is 1. The van der Waals surface area contributed by atoms with Gasteiger partial charge in [-0.3, -0.25) is 4.90 Å². The molecular formula is C23H27N3. The fourth-order valence-electron chi connectivity index (χ4n) is 5.12. The minimum absolute atomic E-state index is 0.734. The van der Waals surface area contributed by atoms with Crippen molar-refractivity contribution in [1.29, 1.82) is 0 Å². The number of hydrogen-bond acceptors (Lipinski definition) is 2. The number of benzene rings is 2. The highest BCUT2D eigenvalue weighted by Crippen LogP contribution is 2.40. The van der Waals surface area contributed by atoms with E-state index in [0.29, 0.717) is 0 Å². The molecule has 0 aliphatic carbocycles. The van der Waals surface area contributed by atoms with Crippen molar-refractivity contribution in [2.75, 3.05) is 0 Å². The third-order valence-corrected chi connectivity index (χ3v) is 6.40. The molecule has 26 heavy (non-hydrogen) atoms. The van der Waals surface area contributed by atoms with E-state index >= 15 is 0 Å². The van der Waals surface area contributed by atoms with Gasteiger partial charge in [-0.1, -0.05) is 42.0 Å². The van der Waals surface area contributed by atoms with E-state index in [-0.39, 0.29) is 0 Å². The maximum absolute atomic E-state index is 4.80. The van der Waals surface area contributed by atoms with Crippen LogP contribution < -0.4 is 0 Å². The van der Waals surface area contributed by atoms with Crippen LogP contribution in [-0.4, -0.2) is 27.0 Å². The van der Waals surface area contributed by atoms with Crippen LogP contribution in [0.4, 0.5) is 0 Å². The molecule has 134 valence electrons. The average Bonchev–Trinajstić information content (AvgIpc) is 3.15. The number of aromatic nitrogens is 2. The van der Waals surface area contributed by atoms with Crippen LogP contribution in [-0.2, 0) is 13.0 Å². The first-order valence-corrected chi connectivity index (χ1v) is 9.99. The Balaban J connectivity index is 1.27. The van der Waals surface area contributed by atoms with Gasteiger partial charge in [-0.2, -0.15) is 0 Å². The maximum atomic E-state index is 4.80. The van der Waals surface area contributed by atoms with Gasteiger partial charge in [-0.05, 0) is 62.6 Å². The van der Waals surface area contributed by atoms with Gasteiger partial charge >= 0.3 is 0 Å². The smallest absolute Gasteiger partial charge is 0.121 e. The summed E-state index contributed by atoms with van der Waals surface area (Å²) in [6, 6.07) is 19.0. The fourth-order valence-corrected chi connectivity index (χ4v) is 5.12. The van der Waals surface area contributed by atoms with Crippen molar-refractivity contribution in [3.05, 3.63) is 65.5 Å². The van der Waals surface area contributed by atoms with Crippen molar-refractivity contribution in [2.24, 2.45) is 5.92 Å². The Bertz CT molecular complexity index is 848. The zero-order valence-electron chi connectivity index (χ0n) is 15.5. The lowest BCUT2D eigenvalue weighted by molar-refractivity contribution is 0.0937. The number of rotatable bonds is 4. The van der Waals surface area contributed by atoms with Crippen LogP contribution in [0.25, 0.3) is 11.0 Å². The predicted octanol–water partition coefficient (Wildman–Crippen LogP) is 4.86. The predicted molar refractivity (Wildman–Crippen MR) is 106 cm³/mol. The SMILES string of the molecule is Cc1ccc(CC2CC3CCC(C2)N3Cc2nc3ccccc3[nH]2)cc1. The van der Waals surface area contributed by atoms with Crippen LogP contribution >= 0.6 is 0 Å². The zero-order chi connectivity index (χ0) is 17.5. The van der Waals surface area contributed by atoms with Crippen molar-refractivity contribution in [1.82, 2.24) is 14.9 Å². The number of H-pyrrole nitrogens is 1. The molecule has 5 rings (SSSR count). The molecule has 3 heterocycles. The maximum Gasteiger partial charge on any atom is 0.121 e. The van der Waals surface area contributed by atoms with Crippen molar-refractivity contribution < 1.29 is 0 Å². The lowest BCUT2D eigenvalue weighted by Crippen LogP contribution is -2.42. The Labute approximate surface area is 155 Å². The third kappa shape index (κ3) is 3.05. The first-order valence-electron chi connectivity index (χ1n) is 9.99. The summed E-state index contributed by atoms with van der Waals surface area (Å²) in [6.07, 6.45) is 6.63. The summed E-state index contributed by atoms with van der Waals surface area (Å²) in [5, 5.41) is 0. The molecule has 0 spiro atoms. The van der Waals surface area contributed by atoms with Gasteiger partial charge in [0.25, 0.3) is 0 Å². The molecule has 2 unspecified atom stereocenters. The van der Waals surface area contributed by atoms with Crippen molar-refractivity contribution >= 4 is 11.0 Å². The van der Waals surface area contributed by atoms with Gasteiger partial charge in [-0.25, -0.2) is 4.98 Å². The molecule has 2 aliphatic heterocycles. The molecule has 0 radical (unpaired) electrons. The lowest BCUT2D eigenvalue weighted by atomic mass is 9.85. The van der Waals surface area contributed by atoms with Crippen LogP contribution in [0.15, 0.2) is 48.5 Å². The number of aromatic amines is 1. The highest BCUT2D eigenvalue weighted by Gasteiger charge is 2.40. The number of imidazole rings is 1. The van der Waals surface area contributed by atoms with Crippen LogP contribution in [0.5, 0.6) is 0 Å². The molecule has 2 atom stereocenters. The summed E-state index contributed by atoms with van der Waals surface area (Å²) >= 11 is 0. The molecule has 1 N–H and O–H groups in total. The number of fused-ring (bicyclic) bond motifs is 3. The zero-order valence-corrected chi connectivity index (χ0v) is 15.5. The molecule has 2 aliphatic rings. The van der Waals surface area contributed by atoms with Gasteiger partial charge in [0.05, 0.1) is 17.6 Å². The molecule has 0 saturated carbocycles. The second-order valence-electron chi connectivity index (χ2n) is 8.29. The molecule has 2 fully saturated rings. The van der Waals surface area contributed by atoms with Gasteiger partial charge in [0.2, 0.25) is 0 Å². The Morgan fingerprint density at radius 2 is 1.73 bits per heavy atom. The van der Waals surface area contributed by atoms with Crippen molar-refractivity contribution in [3.63, 3.8) is 0 Å². The summed E-state index contributed by atoms with van der Waals surface area (Å²) in [5.41, 5.74) is 5.11. The second-order valence-corrected chi connectivity index (χ2v) is 8.29. The Morgan fingerprint density at radius 3 is 2.46 bits per heavy atom. The highest BCUT2D eigenvalue weighted by atomic mass is 15.2. The minimum atomic E-state index is 0.734. The van der Waals surface area contributed by atoms with Gasteiger partial charge < -0.3 is 4.98 Å². The van der Waals surface area contributed by atoms with E-state index in [1.807, 2.05) is 0 Å². The quantitative estimate of drug-likeness (QED) is 0.732. The molecule has 3 aromatic rings. The lowest BCUT2D eigenvalue weighted by Gasteiger charge is -2.38. The topological polar surface area (TPSA) is 31.9 Å². The van der Waals surface area contributed by atoms with E-state index in [1.165, 1.54) is 43.2 Å². The van der Waals surface area contributed by atoms with E-state index < -0.39 is 0 Å². The third-order valence-electron chi connectivity index (χ3n) is 6.40. The Morgan fingerprint density at radius 1 is 1.00 bits per heavy atom. The van der Waals surface area contributed by atoms with Gasteiger partial charge in [0.1, 0.15) is 5.82 Å². The number of piperidine rings is 1. The minimum Gasteiger partial charge on any atom is -0.341 e. The summed E-state index contributed by atoms with van der Waals surface area (Å²) in [7, 11) is 0. The van der Waals surface area contributed by atoms with Crippen LogP contribution in [0.1, 0.15) is 42.6 Å². The number of para-hydroxylation sites is 2. The average molecular weight is 345 g/mol. The molecule has 3 heteroatoms. The standard InChI is InChI=1S/C23H27N3/c1-16-6-8-17(9-7-16)12-18-13-19-10-11-20(14-18)26(19)15-23-24-21-4-2-3-5-22(21)25-23/h2-9,18-20H,10-15H2,1H3,(H,24,25). The van der Waals surface area contributed by atoms with Crippen molar-refractivity contribution in [3.8, 4) is 0 Å². The van der Waals surface area contributed by atoms with E-state index in [4.69, 9.17) is 4.98 Å². The number of nitrogens with zero attached hydrogens (tertiary/aromatic N) is 2. The van der Waals surface area contributed by atoms with Crippen LogP contribution in [0.2, 0.25) is 0 Å². The summed E-state index contributed by atoms with van der Waals surface area (Å²) in [5.74, 6) is 1.96. The van der Waals surface area contributed by atoms with E-state index in [0.717, 1.165) is 41.4 Å². The van der Waals surface area contributed by atoms with E-state index in [2.05, 4.69) is 65.3 Å². The fraction of sp³-hybridized carbons (Fsp3) is 0.435. The first-order chi connectivity index (χ1) is 12.7. The molecular weight excluding hydrogens is 318 g/mol. The van der Waals surface area contributed by atoms with E-state index in [9.17, 15) is 0 Å². The summed E-state index contributed by atoms with van der Waals surface area (Å²) in [4.78, 5) is 11.0. The molecule has 0 amide bonds. The Kier molecular flexibility index (Phi) is 4.05. The van der Waals surface area contributed by atoms with Crippen LogP contribution in [0.3, 0.4) is 0 Å². The monoisotopic (exact) mass is 345 g/mol. The molecule has 3 nitrogen and oxygen atoms in total. The van der Waals surface area contributed by atoms with E-state index in [1.54, 1.807) is 0 Å². The van der Waals surface area contributed by atoms with Gasteiger partial charge in [-0.15, -0.1) is 0 Å². The number of nitrogens with one attached hydrogen (secondary N) is 1. The van der Waals surface area contributed by atoms with Crippen LogP contribution in [0, 0.1) is 12.8 Å². The largest absolute Gasteiger partial charge is 0.341 e.